The number of nitrogens with zero attached hydrogens (tertiary/aromatic N) is 2. The number of amides is 1. The van der Waals surface area contributed by atoms with E-state index in [9.17, 15) is 4.79 Å². The number of nitrogens with one attached hydrogen (secondary N) is 1. The molecular formula is C16H19N3O. The zero-order chi connectivity index (χ0) is 13.9. The number of imidazole rings is 1. The fraction of sp³-hybridized carbons (Fsp3) is 0.375. The molecule has 104 valence electrons. The van der Waals surface area contributed by atoms with Crippen LogP contribution >= 0.6 is 0 Å². The van der Waals surface area contributed by atoms with Crippen LogP contribution in [0.25, 0.3) is 11.3 Å². The highest BCUT2D eigenvalue weighted by Gasteiger charge is 2.26. The molecule has 0 bridgehead atoms. The summed E-state index contributed by atoms with van der Waals surface area (Å²) >= 11 is 0. The van der Waals surface area contributed by atoms with E-state index in [4.69, 9.17) is 4.98 Å². The quantitative estimate of drug-likeness (QED) is 0.927. The highest BCUT2D eigenvalue weighted by Crippen LogP contribution is 2.26. The van der Waals surface area contributed by atoms with Gasteiger partial charge in [-0.15, -0.1) is 0 Å². The Bertz CT molecular complexity index is 603. The van der Waals surface area contributed by atoms with E-state index in [1.165, 1.54) is 0 Å². The third kappa shape index (κ3) is 2.46. The molecule has 0 spiro atoms. The molecule has 2 heterocycles. The highest BCUT2D eigenvalue weighted by molar-refractivity contribution is 5.77. The fourth-order valence-corrected chi connectivity index (χ4v) is 2.65. The van der Waals surface area contributed by atoms with E-state index in [0.29, 0.717) is 6.54 Å². The van der Waals surface area contributed by atoms with Crippen molar-refractivity contribution in [1.29, 1.82) is 0 Å². The molecule has 1 aliphatic heterocycles. The third-order valence-corrected chi connectivity index (χ3v) is 3.68. The maximum atomic E-state index is 11.8. The Kier molecular flexibility index (Phi) is 3.54. The van der Waals surface area contributed by atoms with E-state index in [-0.39, 0.29) is 11.9 Å². The van der Waals surface area contributed by atoms with Crippen molar-refractivity contribution < 1.29 is 4.79 Å². The lowest BCUT2D eigenvalue weighted by Gasteiger charge is -2.24. The second kappa shape index (κ2) is 5.49. The van der Waals surface area contributed by atoms with Crippen molar-refractivity contribution in [3.8, 4) is 11.3 Å². The summed E-state index contributed by atoms with van der Waals surface area (Å²) < 4.78 is 1.99. The summed E-state index contributed by atoms with van der Waals surface area (Å²) in [6.07, 6.45) is 5.16. The molecule has 1 atom stereocenters. The predicted molar refractivity (Wildman–Crippen MR) is 78.1 cm³/mol. The van der Waals surface area contributed by atoms with Gasteiger partial charge in [0.2, 0.25) is 5.91 Å². The van der Waals surface area contributed by atoms with Crippen LogP contribution in [0.4, 0.5) is 0 Å². The van der Waals surface area contributed by atoms with Gasteiger partial charge in [-0.3, -0.25) is 4.79 Å². The third-order valence-electron chi connectivity index (χ3n) is 3.68. The second-order valence-electron chi connectivity index (χ2n) is 5.24. The molecule has 1 amide bonds. The second-order valence-corrected chi connectivity index (χ2v) is 5.24. The van der Waals surface area contributed by atoms with Gasteiger partial charge >= 0.3 is 0 Å². The number of fused-ring (bicyclic) bond motifs is 1. The van der Waals surface area contributed by atoms with Crippen LogP contribution in [-0.4, -0.2) is 15.5 Å². The van der Waals surface area contributed by atoms with Crippen LogP contribution in [0, 0.1) is 0 Å². The van der Waals surface area contributed by atoms with Crippen LogP contribution in [0.5, 0.6) is 0 Å². The molecule has 2 aromatic rings. The Morgan fingerprint density at radius 1 is 1.35 bits per heavy atom. The first-order valence-electron chi connectivity index (χ1n) is 7.19. The first kappa shape index (κ1) is 12.9. The summed E-state index contributed by atoms with van der Waals surface area (Å²) in [5, 5.41) is 3.05. The minimum Gasteiger partial charge on any atom is -0.345 e. The average molecular weight is 269 g/mol. The van der Waals surface area contributed by atoms with Crippen molar-refractivity contribution in [2.75, 3.05) is 0 Å². The molecule has 0 aliphatic carbocycles. The van der Waals surface area contributed by atoms with Gasteiger partial charge in [0.25, 0.3) is 0 Å². The monoisotopic (exact) mass is 269 g/mol. The molecule has 0 fully saturated rings. The van der Waals surface area contributed by atoms with Gasteiger partial charge in [0.15, 0.2) is 0 Å². The Morgan fingerprint density at radius 2 is 2.15 bits per heavy atom. The number of hydrogen-bond acceptors (Lipinski definition) is 2. The fourth-order valence-electron chi connectivity index (χ4n) is 2.65. The number of hydrogen-bond donors (Lipinski definition) is 1. The topological polar surface area (TPSA) is 46.9 Å². The van der Waals surface area contributed by atoms with Gasteiger partial charge in [0.05, 0.1) is 11.7 Å². The Labute approximate surface area is 118 Å². The van der Waals surface area contributed by atoms with Crippen LogP contribution in [-0.2, 0) is 11.3 Å². The summed E-state index contributed by atoms with van der Waals surface area (Å²) in [4.78, 5) is 16.5. The molecule has 0 saturated carbocycles. The van der Waals surface area contributed by atoms with Crippen LogP contribution in [0.3, 0.4) is 0 Å². The molecule has 1 N–H and O–H groups in total. The first-order valence-corrected chi connectivity index (χ1v) is 7.19. The van der Waals surface area contributed by atoms with Crippen molar-refractivity contribution in [2.24, 2.45) is 0 Å². The zero-order valence-corrected chi connectivity index (χ0v) is 11.7. The van der Waals surface area contributed by atoms with Crippen LogP contribution < -0.4 is 5.32 Å². The zero-order valence-electron chi connectivity index (χ0n) is 11.7. The number of carbonyl (C=O) groups excluding carboxylic acids is 1. The van der Waals surface area contributed by atoms with Crippen LogP contribution in [0.15, 0.2) is 36.5 Å². The van der Waals surface area contributed by atoms with Gasteiger partial charge < -0.3 is 9.88 Å². The standard InChI is InChI=1S/C16H19N3O/c1-2-3-9-13-16-18-14(12-7-5-4-6-8-12)10-19(16)11-15(20)17-13/h4-8,10,13H,2-3,9,11H2,1H3,(H,17,20)/t13-/m0/s1. The molecule has 0 radical (unpaired) electrons. The lowest BCUT2D eigenvalue weighted by Crippen LogP contribution is -2.38. The molecule has 4 heteroatoms. The molecule has 1 aliphatic rings. The van der Waals surface area contributed by atoms with Gasteiger partial charge in [0.1, 0.15) is 12.4 Å². The van der Waals surface area contributed by atoms with Gasteiger partial charge in [-0.05, 0) is 6.42 Å². The highest BCUT2D eigenvalue weighted by atomic mass is 16.2. The maximum Gasteiger partial charge on any atom is 0.240 e. The van der Waals surface area contributed by atoms with Crippen molar-refractivity contribution in [3.05, 3.63) is 42.4 Å². The molecule has 0 saturated heterocycles. The van der Waals surface area contributed by atoms with Crippen molar-refractivity contribution in [2.45, 2.75) is 38.8 Å². The summed E-state index contributed by atoms with van der Waals surface area (Å²) in [5.41, 5.74) is 2.04. The van der Waals surface area contributed by atoms with Crippen LogP contribution in [0.2, 0.25) is 0 Å². The average Bonchev–Trinajstić information content (AvgIpc) is 2.89. The van der Waals surface area contributed by atoms with E-state index < -0.39 is 0 Å². The minimum atomic E-state index is 0.0497. The predicted octanol–water partition coefficient (Wildman–Crippen LogP) is 2.91. The molecule has 4 nitrogen and oxygen atoms in total. The number of carbonyl (C=O) groups is 1. The van der Waals surface area contributed by atoms with E-state index >= 15 is 0 Å². The first-order chi connectivity index (χ1) is 9.78. The van der Waals surface area contributed by atoms with Crippen molar-refractivity contribution in [3.63, 3.8) is 0 Å². The molecule has 1 aromatic carbocycles. The normalized spacial score (nSPS) is 17.6. The summed E-state index contributed by atoms with van der Waals surface area (Å²) in [5.74, 6) is 1.06. The molecular weight excluding hydrogens is 250 g/mol. The number of benzene rings is 1. The Morgan fingerprint density at radius 3 is 2.90 bits per heavy atom. The van der Waals surface area contributed by atoms with E-state index in [1.54, 1.807) is 0 Å². The van der Waals surface area contributed by atoms with Gasteiger partial charge in [-0.2, -0.15) is 0 Å². The SMILES string of the molecule is CCCC[C@@H]1NC(=O)Cn2cc(-c3ccccc3)nc21. The number of rotatable bonds is 4. The van der Waals surface area contributed by atoms with Gasteiger partial charge in [-0.25, -0.2) is 4.98 Å². The molecule has 20 heavy (non-hydrogen) atoms. The maximum absolute atomic E-state index is 11.8. The number of aromatic nitrogens is 2. The van der Waals surface area contributed by atoms with E-state index in [1.807, 2.05) is 41.1 Å². The summed E-state index contributed by atoms with van der Waals surface area (Å²) in [6, 6.07) is 10.1. The lowest BCUT2D eigenvalue weighted by molar-refractivity contribution is -0.123. The van der Waals surface area contributed by atoms with E-state index in [0.717, 1.165) is 36.3 Å². The van der Waals surface area contributed by atoms with Gasteiger partial charge in [-0.1, -0.05) is 50.1 Å². The van der Waals surface area contributed by atoms with Crippen LogP contribution in [0.1, 0.15) is 38.1 Å². The summed E-state index contributed by atoms with van der Waals surface area (Å²) in [6.45, 7) is 2.53. The van der Waals surface area contributed by atoms with E-state index in [2.05, 4.69) is 12.2 Å². The molecule has 0 unspecified atom stereocenters. The minimum absolute atomic E-state index is 0.0497. The number of unbranched alkanes of at least 4 members (excludes halogenated alkanes) is 1. The smallest absolute Gasteiger partial charge is 0.240 e. The van der Waals surface area contributed by atoms with Crippen molar-refractivity contribution in [1.82, 2.24) is 14.9 Å². The Balaban J connectivity index is 1.93. The lowest BCUT2D eigenvalue weighted by atomic mass is 10.1. The van der Waals surface area contributed by atoms with Crippen molar-refractivity contribution >= 4 is 5.91 Å². The molecule has 3 rings (SSSR count). The molecule has 1 aromatic heterocycles. The Hall–Kier alpha value is -2.10. The van der Waals surface area contributed by atoms with Gasteiger partial charge in [0, 0.05) is 11.8 Å². The summed E-state index contributed by atoms with van der Waals surface area (Å²) in [7, 11) is 0. The largest absolute Gasteiger partial charge is 0.345 e.